The molecule has 0 aliphatic carbocycles. The highest BCUT2D eigenvalue weighted by molar-refractivity contribution is 4.83. The van der Waals surface area contributed by atoms with Crippen LogP contribution < -0.4 is 5.32 Å². The molecule has 0 spiro atoms. The van der Waals surface area contributed by atoms with Gasteiger partial charge in [-0.05, 0) is 64.5 Å². The van der Waals surface area contributed by atoms with Crippen molar-refractivity contribution in [3.8, 4) is 0 Å². The predicted octanol–water partition coefficient (Wildman–Crippen LogP) is 2.82. The first-order valence-electron chi connectivity index (χ1n) is 6.80. The number of rotatable bonds is 4. The normalized spacial score (nSPS) is 36.2. The number of nitrogens with one attached hydrogen (secondary N) is 1. The Morgan fingerprint density at radius 3 is 3.00 bits per heavy atom. The molecule has 2 unspecified atom stereocenters. The molecule has 2 saturated heterocycles. The Labute approximate surface area is 97.9 Å². The summed E-state index contributed by atoms with van der Waals surface area (Å²) in [5, 5.41) is 3.27. The smallest absolute Gasteiger partial charge is 0.112 e. The van der Waals surface area contributed by atoms with Gasteiger partial charge in [0.1, 0.15) is 5.67 Å². The summed E-state index contributed by atoms with van der Waals surface area (Å²) in [4.78, 5) is 0. The van der Waals surface area contributed by atoms with Gasteiger partial charge in [0.25, 0.3) is 0 Å². The van der Waals surface area contributed by atoms with Crippen molar-refractivity contribution in [1.82, 2.24) is 5.32 Å². The third kappa shape index (κ3) is 3.70. The van der Waals surface area contributed by atoms with Crippen LogP contribution in [0.2, 0.25) is 0 Å². The summed E-state index contributed by atoms with van der Waals surface area (Å²) in [6.07, 6.45) is 7.98. The number of ether oxygens (including phenoxy) is 1. The van der Waals surface area contributed by atoms with Crippen molar-refractivity contribution in [1.29, 1.82) is 0 Å². The van der Waals surface area contributed by atoms with Crippen molar-refractivity contribution in [2.45, 2.75) is 63.1 Å². The molecule has 2 heterocycles. The van der Waals surface area contributed by atoms with E-state index in [0.29, 0.717) is 12.5 Å². The van der Waals surface area contributed by atoms with E-state index in [2.05, 4.69) is 5.32 Å². The lowest BCUT2D eigenvalue weighted by molar-refractivity contribution is 0.0862. The highest BCUT2D eigenvalue weighted by Crippen LogP contribution is 2.31. The zero-order chi connectivity index (χ0) is 11.3. The Morgan fingerprint density at radius 1 is 1.25 bits per heavy atom. The SMILES string of the molecule is FC1(CCCC2CCCO2)CCCNCC1. The number of alkyl halides is 1. The largest absolute Gasteiger partial charge is 0.378 e. The van der Waals surface area contributed by atoms with Crippen LogP contribution in [0.5, 0.6) is 0 Å². The van der Waals surface area contributed by atoms with E-state index in [0.717, 1.165) is 51.8 Å². The summed E-state index contributed by atoms with van der Waals surface area (Å²) < 4.78 is 20.0. The lowest BCUT2D eigenvalue weighted by Crippen LogP contribution is -2.25. The highest BCUT2D eigenvalue weighted by Gasteiger charge is 2.30. The molecule has 16 heavy (non-hydrogen) atoms. The van der Waals surface area contributed by atoms with Crippen LogP contribution in [0.3, 0.4) is 0 Å². The summed E-state index contributed by atoms with van der Waals surface area (Å²) in [7, 11) is 0. The van der Waals surface area contributed by atoms with E-state index >= 15 is 0 Å². The Morgan fingerprint density at radius 2 is 2.19 bits per heavy atom. The van der Waals surface area contributed by atoms with Gasteiger partial charge in [-0.1, -0.05) is 0 Å². The molecule has 3 heteroatoms. The van der Waals surface area contributed by atoms with Crippen LogP contribution in [0, 0.1) is 0 Å². The van der Waals surface area contributed by atoms with E-state index in [1.54, 1.807) is 0 Å². The zero-order valence-electron chi connectivity index (χ0n) is 10.1. The number of halogens is 1. The summed E-state index contributed by atoms with van der Waals surface area (Å²) >= 11 is 0. The van der Waals surface area contributed by atoms with Gasteiger partial charge in [0.05, 0.1) is 6.10 Å². The molecular formula is C13H24FNO. The van der Waals surface area contributed by atoms with Crippen LogP contribution in [-0.4, -0.2) is 31.5 Å². The number of hydrogen-bond acceptors (Lipinski definition) is 2. The molecule has 0 radical (unpaired) electrons. The van der Waals surface area contributed by atoms with Gasteiger partial charge in [0, 0.05) is 6.61 Å². The third-order valence-electron chi connectivity index (χ3n) is 3.90. The van der Waals surface area contributed by atoms with Gasteiger partial charge in [-0.25, -0.2) is 4.39 Å². The molecule has 0 bridgehead atoms. The molecule has 1 N–H and O–H groups in total. The second-order valence-electron chi connectivity index (χ2n) is 5.28. The molecule has 0 aromatic carbocycles. The standard InChI is InChI=1S/C13H24FNO/c14-13(7-3-9-15-10-8-13)6-1-4-12-5-2-11-16-12/h12,15H,1-11H2. The first-order chi connectivity index (χ1) is 7.79. The van der Waals surface area contributed by atoms with E-state index < -0.39 is 5.67 Å². The monoisotopic (exact) mass is 229 g/mol. The zero-order valence-corrected chi connectivity index (χ0v) is 10.1. The minimum absolute atomic E-state index is 0.424. The molecule has 2 aliphatic heterocycles. The van der Waals surface area contributed by atoms with Crippen LogP contribution in [0.1, 0.15) is 51.4 Å². The highest BCUT2D eigenvalue weighted by atomic mass is 19.1. The average molecular weight is 229 g/mol. The lowest BCUT2D eigenvalue weighted by atomic mass is 9.90. The van der Waals surface area contributed by atoms with Crippen molar-refractivity contribution in [3.05, 3.63) is 0 Å². The van der Waals surface area contributed by atoms with Crippen molar-refractivity contribution in [2.24, 2.45) is 0 Å². The topological polar surface area (TPSA) is 21.3 Å². The fourth-order valence-corrected chi connectivity index (χ4v) is 2.86. The van der Waals surface area contributed by atoms with Crippen LogP contribution in [0.4, 0.5) is 4.39 Å². The van der Waals surface area contributed by atoms with Gasteiger partial charge >= 0.3 is 0 Å². The Hall–Kier alpha value is -0.150. The maximum Gasteiger partial charge on any atom is 0.112 e. The van der Waals surface area contributed by atoms with Gasteiger partial charge in [0.2, 0.25) is 0 Å². The first kappa shape index (κ1) is 12.3. The maximum absolute atomic E-state index is 14.4. The maximum atomic E-state index is 14.4. The molecule has 2 nitrogen and oxygen atoms in total. The van der Waals surface area contributed by atoms with Gasteiger partial charge in [-0.2, -0.15) is 0 Å². The summed E-state index contributed by atoms with van der Waals surface area (Å²) in [6.45, 7) is 2.74. The summed E-state index contributed by atoms with van der Waals surface area (Å²) in [5.74, 6) is 0. The second-order valence-corrected chi connectivity index (χ2v) is 5.28. The van der Waals surface area contributed by atoms with Crippen LogP contribution in [-0.2, 0) is 4.74 Å². The van der Waals surface area contributed by atoms with Gasteiger partial charge in [-0.15, -0.1) is 0 Å². The van der Waals surface area contributed by atoms with Crippen LogP contribution in [0.25, 0.3) is 0 Å². The van der Waals surface area contributed by atoms with Crippen molar-refractivity contribution >= 4 is 0 Å². The summed E-state index contributed by atoms with van der Waals surface area (Å²) in [6, 6.07) is 0. The van der Waals surface area contributed by atoms with E-state index in [-0.39, 0.29) is 0 Å². The van der Waals surface area contributed by atoms with E-state index in [9.17, 15) is 4.39 Å². The average Bonchev–Trinajstić information content (AvgIpc) is 2.68. The molecule has 0 amide bonds. The number of hydrogen-bond donors (Lipinski definition) is 1. The molecule has 94 valence electrons. The van der Waals surface area contributed by atoms with Crippen molar-refractivity contribution < 1.29 is 9.13 Å². The Kier molecular flexibility index (Phi) is 4.59. The minimum atomic E-state index is -0.901. The molecular weight excluding hydrogens is 205 g/mol. The fraction of sp³-hybridized carbons (Fsp3) is 1.00. The molecule has 2 rings (SSSR count). The van der Waals surface area contributed by atoms with Gasteiger partial charge in [0.15, 0.2) is 0 Å². The van der Waals surface area contributed by atoms with E-state index in [1.165, 1.54) is 12.8 Å². The molecule has 0 aromatic heterocycles. The minimum Gasteiger partial charge on any atom is -0.378 e. The second kappa shape index (κ2) is 5.97. The van der Waals surface area contributed by atoms with Crippen LogP contribution in [0.15, 0.2) is 0 Å². The van der Waals surface area contributed by atoms with Gasteiger partial charge < -0.3 is 10.1 Å². The van der Waals surface area contributed by atoms with E-state index in [4.69, 9.17) is 4.74 Å². The Bertz CT molecular complexity index is 196. The quantitative estimate of drug-likeness (QED) is 0.800. The fourth-order valence-electron chi connectivity index (χ4n) is 2.86. The first-order valence-corrected chi connectivity index (χ1v) is 6.80. The Balaban J connectivity index is 1.66. The summed E-state index contributed by atoms with van der Waals surface area (Å²) in [5.41, 5.74) is -0.901. The molecule has 2 aliphatic rings. The third-order valence-corrected chi connectivity index (χ3v) is 3.90. The predicted molar refractivity (Wildman–Crippen MR) is 63.4 cm³/mol. The molecule has 2 fully saturated rings. The van der Waals surface area contributed by atoms with Crippen LogP contribution >= 0.6 is 0 Å². The molecule has 0 saturated carbocycles. The molecule has 2 atom stereocenters. The molecule has 0 aromatic rings. The van der Waals surface area contributed by atoms with Gasteiger partial charge in [-0.3, -0.25) is 0 Å². The van der Waals surface area contributed by atoms with Crippen molar-refractivity contribution in [2.75, 3.05) is 19.7 Å². The van der Waals surface area contributed by atoms with E-state index in [1.807, 2.05) is 0 Å². The lowest BCUT2D eigenvalue weighted by Gasteiger charge is -2.23. The van der Waals surface area contributed by atoms with Crippen molar-refractivity contribution in [3.63, 3.8) is 0 Å².